The van der Waals surface area contributed by atoms with Crippen molar-refractivity contribution in [2.75, 3.05) is 45.9 Å². The summed E-state index contributed by atoms with van der Waals surface area (Å²) in [7, 11) is 0. The van der Waals surface area contributed by atoms with Gasteiger partial charge in [-0.3, -0.25) is 62.7 Å². The first kappa shape index (κ1) is 82.6. The highest BCUT2D eigenvalue weighted by molar-refractivity contribution is 5.98. The Labute approximate surface area is 567 Å². The molecule has 2 heterocycles. The standard InChI is InChI=1S/C61H101N19O18/c1-33(2)47(57(94)95)77-52(89)42(30-46(83)84)74-44(81)31-70-48(85)39(18-13-27-68-58(63)64)75-51(88)40(73-45(82)32-98-37-23-21-36(22-24-37)54-79(96)60(5,6)61(7,8)80(54)97)17-10-12-26-67-38(16-9-11-25-62)49(86)71-34(3)55(91)78-29-15-20-43(78)53(90)76-41(19-14-28-69-59(65)66)50(87)72-35(4)56(92)93/h21-24,33-35,38-43,47,67H,9-20,25-32,62H2,1-8H3,(H20-,63,64,65,66,68,69,70,71,72,73,74,75,76,77,81,82,83,84,85,86,87,88,89,90,92,93,94,95,96,97)/p+1/t34-,35-,38-,39-,40-,41-,42-,43-,47-/m0/s1. The van der Waals surface area contributed by atoms with Crippen molar-refractivity contribution in [2.45, 2.75) is 204 Å². The highest BCUT2D eigenvalue weighted by Crippen LogP contribution is 2.37. The molecule has 2 aliphatic heterocycles. The smallest absolute Gasteiger partial charge is 0.349 e. The van der Waals surface area contributed by atoms with Crippen LogP contribution in [0.4, 0.5) is 0 Å². The maximum Gasteiger partial charge on any atom is 0.349 e. The Hall–Kier alpha value is -9.65. The van der Waals surface area contributed by atoms with Crippen LogP contribution in [0.25, 0.3) is 0 Å². The minimum absolute atomic E-state index is 0.0204. The first-order chi connectivity index (χ1) is 45.9. The summed E-state index contributed by atoms with van der Waals surface area (Å²) in [5, 5.41) is 74.4. The number of hydrogen-bond donors (Lipinski definition) is 19. The van der Waals surface area contributed by atoms with Gasteiger partial charge in [0.05, 0.1) is 24.6 Å². The number of carboxylic acid groups (broad SMARTS) is 3. The Morgan fingerprint density at radius 3 is 1.69 bits per heavy atom. The second-order valence-corrected chi connectivity index (χ2v) is 25.3. The summed E-state index contributed by atoms with van der Waals surface area (Å²) in [6, 6.07) is -5.55. The minimum atomic E-state index is -1.77. The molecule has 0 aromatic heterocycles. The van der Waals surface area contributed by atoms with Gasteiger partial charge in [0.1, 0.15) is 54.1 Å². The van der Waals surface area contributed by atoms with Crippen LogP contribution in [-0.2, 0) is 57.5 Å². The lowest BCUT2D eigenvalue weighted by Gasteiger charge is -2.29. The third kappa shape index (κ3) is 25.7. The number of hydrogen-bond acceptors (Lipinski definition) is 20. The zero-order chi connectivity index (χ0) is 73.8. The second-order valence-electron chi connectivity index (χ2n) is 25.3. The number of ether oxygens (including phenoxy) is 1. The molecule has 548 valence electrons. The van der Waals surface area contributed by atoms with Crippen LogP contribution in [0.1, 0.15) is 144 Å². The molecular weight excluding hydrogens is 1290 g/mol. The van der Waals surface area contributed by atoms with E-state index in [1.165, 1.54) is 44.7 Å². The summed E-state index contributed by atoms with van der Waals surface area (Å²) in [6.07, 6.45) is 1.51. The Morgan fingerprint density at radius 2 is 1.15 bits per heavy atom. The van der Waals surface area contributed by atoms with Crippen LogP contribution < -0.4 is 81.3 Å². The van der Waals surface area contributed by atoms with E-state index in [2.05, 4.69) is 57.8 Å². The first-order valence-corrected chi connectivity index (χ1v) is 32.4. The number of nitrogens with one attached hydrogen (secondary N) is 9. The van der Waals surface area contributed by atoms with Gasteiger partial charge in [-0.05, 0) is 155 Å². The number of amides is 9. The van der Waals surface area contributed by atoms with Gasteiger partial charge in [-0.25, -0.2) is 10.0 Å². The maximum atomic E-state index is 14.4. The Kier molecular flexibility index (Phi) is 33.3. The molecule has 2 aliphatic rings. The molecule has 9 amide bonds. The molecule has 0 unspecified atom stereocenters. The van der Waals surface area contributed by atoms with E-state index in [0.717, 1.165) is 9.80 Å². The van der Waals surface area contributed by atoms with Crippen molar-refractivity contribution in [3.63, 3.8) is 0 Å². The molecule has 1 saturated heterocycles. The van der Waals surface area contributed by atoms with Crippen LogP contribution in [0.5, 0.6) is 5.75 Å². The summed E-state index contributed by atoms with van der Waals surface area (Å²) >= 11 is 0. The fourth-order valence-electron chi connectivity index (χ4n) is 10.4. The number of likely N-dealkylation sites (tertiary alicyclic amines) is 1. The number of guanidine groups is 2. The predicted octanol–water partition coefficient (Wildman–Crippen LogP) is -4.32. The number of aliphatic imine (C=N–C) groups is 2. The molecular formula is C61H102N19O18+. The number of hydroxylamine groups is 3. The van der Waals surface area contributed by atoms with Crippen LogP contribution in [-0.4, -0.2) is 241 Å². The number of rotatable bonds is 43. The van der Waals surface area contributed by atoms with Gasteiger partial charge in [-0.15, -0.1) is 5.06 Å². The number of benzene rings is 1. The van der Waals surface area contributed by atoms with Crippen LogP contribution in [0.3, 0.4) is 0 Å². The van der Waals surface area contributed by atoms with E-state index in [0.29, 0.717) is 31.4 Å². The van der Waals surface area contributed by atoms with E-state index in [9.17, 15) is 83.3 Å². The Morgan fingerprint density at radius 1 is 0.633 bits per heavy atom. The second kappa shape index (κ2) is 39.5. The molecule has 37 nitrogen and oxygen atoms in total. The largest absolute Gasteiger partial charge is 0.484 e. The number of unbranched alkanes of at least 4 members (excludes halogenated alkanes) is 2. The third-order valence-corrected chi connectivity index (χ3v) is 16.8. The normalized spacial score (nSPS) is 17.0. The quantitative estimate of drug-likeness (QED) is 0.00967. The number of aliphatic carboxylic acids is 3. The van der Waals surface area contributed by atoms with Gasteiger partial charge in [0.2, 0.25) is 47.3 Å². The van der Waals surface area contributed by atoms with Crippen molar-refractivity contribution in [3.8, 4) is 5.75 Å². The van der Waals surface area contributed by atoms with Crippen molar-refractivity contribution >= 4 is 88.8 Å². The third-order valence-electron chi connectivity index (χ3n) is 16.8. The molecule has 98 heavy (non-hydrogen) atoms. The molecule has 1 aromatic carbocycles. The van der Waals surface area contributed by atoms with Gasteiger partial charge in [0, 0.05) is 19.6 Å². The lowest BCUT2D eigenvalue weighted by molar-refractivity contribution is -0.820. The van der Waals surface area contributed by atoms with Crippen molar-refractivity contribution in [3.05, 3.63) is 29.8 Å². The average molecular weight is 1390 g/mol. The van der Waals surface area contributed by atoms with Crippen LogP contribution in [0.15, 0.2) is 34.3 Å². The number of nitrogens with two attached hydrogens (primary N) is 5. The molecule has 37 heteroatoms. The maximum absolute atomic E-state index is 14.4. The molecule has 24 N–H and O–H groups in total. The first-order valence-electron chi connectivity index (χ1n) is 32.4. The molecule has 1 fully saturated rings. The predicted molar refractivity (Wildman–Crippen MR) is 353 cm³/mol. The summed E-state index contributed by atoms with van der Waals surface area (Å²) in [5.41, 5.74) is 26.2. The summed E-state index contributed by atoms with van der Waals surface area (Å²) in [4.78, 5) is 167. The zero-order valence-corrected chi connectivity index (χ0v) is 56.9. The molecule has 0 aliphatic carbocycles. The minimum Gasteiger partial charge on any atom is -0.484 e. The van der Waals surface area contributed by atoms with E-state index in [1.54, 1.807) is 39.8 Å². The number of carbonyl (C=O) groups excluding carboxylic acids is 9. The van der Waals surface area contributed by atoms with Crippen molar-refractivity contribution < 1.29 is 92.7 Å². The van der Waals surface area contributed by atoms with Crippen molar-refractivity contribution in [1.29, 1.82) is 0 Å². The topological polar surface area (TPSA) is 588 Å². The summed E-state index contributed by atoms with van der Waals surface area (Å²) in [6.45, 7) is 11.9. The number of carbonyl (C=O) groups is 12. The molecule has 1 aromatic rings. The number of carboxylic acids is 3. The van der Waals surface area contributed by atoms with Gasteiger partial charge in [-0.1, -0.05) is 25.0 Å². The molecule has 9 atom stereocenters. The van der Waals surface area contributed by atoms with E-state index >= 15 is 0 Å². The average Bonchev–Trinajstić information content (AvgIpc) is 1.58. The van der Waals surface area contributed by atoms with E-state index in [4.69, 9.17) is 33.4 Å². The molecule has 0 bridgehead atoms. The van der Waals surface area contributed by atoms with Crippen LogP contribution in [0.2, 0.25) is 0 Å². The Bertz CT molecular complexity index is 3050. The lowest BCUT2D eigenvalue weighted by atomic mass is 9.84. The fourth-order valence-corrected chi connectivity index (χ4v) is 10.4. The van der Waals surface area contributed by atoms with E-state index in [1.807, 2.05) is 0 Å². The van der Waals surface area contributed by atoms with Crippen molar-refractivity contribution in [1.82, 2.24) is 57.8 Å². The SMILES string of the molecule is CC(C)[C@H](NC(=O)[C@H](CC(=O)O)NC(=O)CNC(=O)[C@H](CCCN=C(N)N)NC(=O)[C@H](CCCCN[C@@H](CCCCN)C(=O)N[C@@H](C)C(=O)N1CCC[C@H]1C(=O)N[C@@H](CCCN=C(N)N)C(=O)N[C@@H](C)C(=O)O)NC(=O)COc1ccc(C2=[N+](O)C(C)(C)C(C)(C)N2O)cc1)C(=O)O. The highest BCUT2D eigenvalue weighted by atomic mass is 16.5. The monoisotopic (exact) mass is 1390 g/mol. The molecule has 0 saturated carbocycles. The van der Waals surface area contributed by atoms with Gasteiger partial charge in [-0.2, -0.15) is 0 Å². The number of nitrogens with zero attached hydrogens (tertiary/aromatic N) is 5. The molecule has 0 radical (unpaired) electrons. The van der Waals surface area contributed by atoms with Gasteiger partial charge in [0.25, 0.3) is 5.91 Å². The molecule has 0 spiro atoms. The van der Waals surface area contributed by atoms with Gasteiger partial charge < -0.3 is 107 Å². The van der Waals surface area contributed by atoms with E-state index < -0.39 is 162 Å². The number of amidine groups is 1. The van der Waals surface area contributed by atoms with E-state index in [-0.39, 0.29) is 107 Å². The molecule has 3 rings (SSSR count). The van der Waals surface area contributed by atoms with Crippen molar-refractivity contribution in [2.24, 2.45) is 44.6 Å². The van der Waals surface area contributed by atoms with Gasteiger partial charge in [0.15, 0.2) is 29.6 Å². The zero-order valence-electron chi connectivity index (χ0n) is 56.9. The fraction of sp³-hybridized carbons (Fsp3) is 0.656. The highest BCUT2D eigenvalue weighted by Gasteiger charge is 2.62. The van der Waals surface area contributed by atoms with Crippen LogP contribution >= 0.6 is 0 Å². The lowest BCUT2D eigenvalue weighted by Crippen LogP contribution is -2.57. The summed E-state index contributed by atoms with van der Waals surface area (Å²) in [5.74, 6) is -12.5. The summed E-state index contributed by atoms with van der Waals surface area (Å²) < 4.78 is 6.73. The van der Waals surface area contributed by atoms with Crippen LogP contribution in [0, 0.1) is 5.92 Å². The van der Waals surface area contributed by atoms with Gasteiger partial charge >= 0.3 is 23.7 Å². The Balaban J connectivity index is 1.84.